The van der Waals surface area contributed by atoms with E-state index in [0.29, 0.717) is 6.54 Å². The van der Waals surface area contributed by atoms with Crippen molar-refractivity contribution < 1.29 is 4.79 Å². The number of hydrogen-bond donors (Lipinski definition) is 1. The monoisotopic (exact) mass is 464 g/mol. The lowest BCUT2D eigenvalue weighted by Gasteiger charge is -2.33. The minimum absolute atomic E-state index is 0.0676. The molecule has 7 heteroatoms. The second kappa shape index (κ2) is 8.65. The summed E-state index contributed by atoms with van der Waals surface area (Å²) in [4.78, 5) is 24.3. The van der Waals surface area contributed by atoms with Gasteiger partial charge in [-0.15, -0.1) is 0 Å². The molecule has 0 spiro atoms. The van der Waals surface area contributed by atoms with Crippen LogP contribution in [0.15, 0.2) is 60.9 Å². The van der Waals surface area contributed by atoms with Crippen molar-refractivity contribution in [1.82, 2.24) is 19.7 Å². The highest BCUT2D eigenvalue weighted by Crippen LogP contribution is 2.37. The molecule has 1 saturated heterocycles. The van der Waals surface area contributed by atoms with Crippen LogP contribution in [-0.4, -0.2) is 38.7 Å². The molecule has 7 nitrogen and oxygen atoms in total. The average Bonchev–Trinajstić information content (AvgIpc) is 3.42. The van der Waals surface area contributed by atoms with Crippen LogP contribution in [0.2, 0.25) is 0 Å². The van der Waals surface area contributed by atoms with E-state index in [1.165, 1.54) is 22.3 Å². The summed E-state index contributed by atoms with van der Waals surface area (Å²) in [6.07, 6.45) is 4.30. The maximum atomic E-state index is 13.2. The van der Waals surface area contributed by atoms with Gasteiger partial charge in [0.25, 0.3) is 0 Å². The second-order valence-electron chi connectivity index (χ2n) is 9.55. The molecule has 0 radical (unpaired) electrons. The van der Waals surface area contributed by atoms with Gasteiger partial charge in [-0.25, -0.2) is 14.6 Å². The molecule has 176 valence electrons. The zero-order valence-corrected chi connectivity index (χ0v) is 20.0. The van der Waals surface area contributed by atoms with E-state index in [1.807, 2.05) is 36.7 Å². The number of aryl methyl sites for hydroxylation is 2. The van der Waals surface area contributed by atoms with Crippen LogP contribution in [0, 0.1) is 19.8 Å². The molecule has 2 aliphatic rings. The van der Waals surface area contributed by atoms with E-state index < -0.39 is 0 Å². The first kappa shape index (κ1) is 21.5. The summed E-state index contributed by atoms with van der Waals surface area (Å²) < 4.78 is 1.83. The Morgan fingerprint density at radius 2 is 1.80 bits per heavy atom. The van der Waals surface area contributed by atoms with Gasteiger partial charge in [0.05, 0.1) is 11.6 Å². The third-order valence-corrected chi connectivity index (χ3v) is 7.04. The van der Waals surface area contributed by atoms with Crippen LogP contribution in [0.25, 0.3) is 16.9 Å². The Kier molecular flexibility index (Phi) is 5.32. The molecule has 2 aromatic heterocycles. The topological polar surface area (TPSA) is 75.9 Å². The first-order valence-corrected chi connectivity index (χ1v) is 12.2. The molecule has 35 heavy (non-hydrogen) atoms. The van der Waals surface area contributed by atoms with E-state index in [2.05, 4.69) is 61.7 Å². The van der Waals surface area contributed by atoms with Crippen LogP contribution in [-0.2, 0) is 11.2 Å². The Hall–Kier alpha value is -4.00. The van der Waals surface area contributed by atoms with Crippen molar-refractivity contribution in [3.63, 3.8) is 0 Å². The fourth-order valence-electron chi connectivity index (χ4n) is 5.35. The number of carbonyl (C=O) groups excluding carboxylic acids is 1. The van der Waals surface area contributed by atoms with E-state index in [4.69, 9.17) is 0 Å². The zero-order valence-electron chi connectivity index (χ0n) is 20.0. The summed E-state index contributed by atoms with van der Waals surface area (Å²) in [6, 6.07) is 18.8. The largest absolute Gasteiger partial charge is 0.356 e. The summed E-state index contributed by atoms with van der Waals surface area (Å²) in [5.41, 5.74) is 8.03. The maximum absolute atomic E-state index is 13.2. The first-order valence-electron chi connectivity index (χ1n) is 12.2. The number of aromatic nitrogens is 4. The third-order valence-electron chi connectivity index (χ3n) is 7.04. The highest BCUT2D eigenvalue weighted by molar-refractivity contribution is 5.94. The molecule has 1 aliphatic heterocycles. The Bertz CT molecular complexity index is 1420. The van der Waals surface area contributed by atoms with Crippen LogP contribution in [0.1, 0.15) is 35.4 Å². The minimum atomic E-state index is -0.0960. The number of nitrogens with zero attached hydrogens (tertiary/aromatic N) is 5. The van der Waals surface area contributed by atoms with E-state index >= 15 is 0 Å². The highest BCUT2D eigenvalue weighted by Gasteiger charge is 2.27. The molecule has 1 aliphatic carbocycles. The van der Waals surface area contributed by atoms with Gasteiger partial charge in [0.15, 0.2) is 5.82 Å². The smallest absolute Gasteiger partial charge is 0.229 e. The molecule has 1 fully saturated rings. The van der Waals surface area contributed by atoms with Crippen LogP contribution >= 0.6 is 0 Å². The molecule has 0 bridgehead atoms. The van der Waals surface area contributed by atoms with Crippen molar-refractivity contribution in [2.75, 3.05) is 23.3 Å². The highest BCUT2D eigenvalue weighted by atomic mass is 16.1. The van der Waals surface area contributed by atoms with Gasteiger partial charge in [-0.3, -0.25) is 4.79 Å². The summed E-state index contributed by atoms with van der Waals surface area (Å²) in [6.45, 7) is 5.49. The minimum Gasteiger partial charge on any atom is -0.356 e. The number of fused-ring (bicyclic) bond motifs is 3. The van der Waals surface area contributed by atoms with E-state index in [-0.39, 0.29) is 11.8 Å². The average molecular weight is 465 g/mol. The molecule has 6 rings (SSSR count). The summed E-state index contributed by atoms with van der Waals surface area (Å²) >= 11 is 0. The van der Waals surface area contributed by atoms with Gasteiger partial charge >= 0.3 is 0 Å². The van der Waals surface area contributed by atoms with E-state index in [1.54, 1.807) is 6.33 Å². The van der Waals surface area contributed by atoms with Crippen molar-refractivity contribution in [2.45, 2.75) is 33.1 Å². The fourth-order valence-corrected chi connectivity index (χ4v) is 5.35. The van der Waals surface area contributed by atoms with Gasteiger partial charge in [-0.05, 0) is 73.6 Å². The number of hydrogen-bond acceptors (Lipinski definition) is 5. The lowest BCUT2D eigenvalue weighted by molar-refractivity contribution is -0.120. The Labute approximate surface area is 204 Å². The predicted octanol–water partition coefficient (Wildman–Crippen LogP) is 4.71. The van der Waals surface area contributed by atoms with Gasteiger partial charge < -0.3 is 10.2 Å². The standard InChI is InChI=1S/C28H28N6O/c1-18-12-19(2)34(32-18)27-15-26(29-17-30-27)33-11-5-7-21(16-33)28(35)31-23-9-10-25-22(14-23)13-20-6-3-4-8-24(20)25/h3-4,6,8-10,12,14-15,17,21H,5,7,11,13,16H2,1-2H3,(H,31,35). The van der Waals surface area contributed by atoms with Crippen molar-refractivity contribution >= 4 is 17.4 Å². The lowest BCUT2D eigenvalue weighted by Crippen LogP contribution is -2.41. The molecule has 1 unspecified atom stereocenters. The number of anilines is 2. The molecule has 3 heterocycles. The van der Waals surface area contributed by atoms with Gasteiger partial charge in [-0.1, -0.05) is 30.3 Å². The Morgan fingerprint density at radius 1 is 0.971 bits per heavy atom. The van der Waals surface area contributed by atoms with Gasteiger partial charge in [0.2, 0.25) is 5.91 Å². The molecule has 4 aromatic rings. The summed E-state index contributed by atoms with van der Waals surface area (Å²) in [5.74, 6) is 1.54. The fraction of sp³-hybridized carbons (Fsp3) is 0.286. The number of amides is 1. The third kappa shape index (κ3) is 4.07. The first-order chi connectivity index (χ1) is 17.0. The van der Waals surface area contributed by atoms with Crippen LogP contribution in [0.5, 0.6) is 0 Å². The van der Waals surface area contributed by atoms with E-state index in [9.17, 15) is 4.79 Å². The summed E-state index contributed by atoms with van der Waals surface area (Å²) in [5, 5.41) is 7.71. The molecule has 1 atom stereocenters. The molecule has 2 aromatic carbocycles. The Balaban J connectivity index is 1.16. The van der Waals surface area contributed by atoms with Gasteiger partial charge in [0.1, 0.15) is 12.1 Å². The van der Waals surface area contributed by atoms with Gasteiger partial charge in [-0.2, -0.15) is 5.10 Å². The molecule has 1 amide bonds. The van der Waals surface area contributed by atoms with E-state index in [0.717, 1.165) is 54.5 Å². The Morgan fingerprint density at radius 3 is 2.66 bits per heavy atom. The van der Waals surface area contributed by atoms with Gasteiger partial charge in [0, 0.05) is 30.5 Å². The van der Waals surface area contributed by atoms with Crippen molar-refractivity contribution in [2.24, 2.45) is 5.92 Å². The van der Waals surface area contributed by atoms with Crippen LogP contribution in [0.3, 0.4) is 0 Å². The zero-order chi connectivity index (χ0) is 23.9. The number of piperidine rings is 1. The molecular weight excluding hydrogens is 436 g/mol. The van der Waals surface area contributed by atoms with Crippen molar-refractivity contribution in [3.05, 3.63) is 83.4 Å². The quantitative estimate of drug-likeness (QED) is 0.417. The number of nitrogens with one attached hydrogen (secondary N) is 1. The molecular formula is C28H28N6O. The molecule has 1 N–H and O–H groups in total. The maximum Gasteiger partial charge on any atom is 0.229 e. The SMILES string of the molecule is Cc1cc(C)n(-c2cc(N3CCCC(C(=O)Nc4ccc5c(c4)Cc4ccccc4-5)C3)ncn2)n1. The van der Waals surface area contributed by atoms with Crippen molar-refractivity contribution in [3.8, 4) is 16.9 Å². The summed E-state index contributed by atoms with van der Waals surface area (Å²) in [7, 11) is 0. The normalized spacial score (nSPS) is 16.6. The predicted molar refractivity (Wildman–Crippen MR) is 137 cm³/mol. The number of benzene rings is 2. The number of rotatable bonds is 4. The second-order valence-corrected chi connectivity index (χ2v) is 9.55. The van der Waals surface area contributed by atoms with Crippen LogP contribution in [0.4, 0.5) is 11.5 Å². The molecule has 0 saturated carbocycles. The lowest BCUT2D eigenvalue weighted by atomic mass is 9.97. The van der Waals surface area contributed by atoms with Crippen molar-refractivity contribution in [1.29, 1.82) is 0 Å². The number of carbonyl (C=O) groups is 1. The van der Waals surface area contributed by atoms with Crippen LogP contribution < -0.4 is 10.2 Å².